The molecule has 0 aliphatic rings. The van der Waals surface area contributed by atoms with Gasteiger partial charge >= 0.3 is 0 Å². The van der Waals surface area contributed by atoms with Crippen molar-refractivity contribution in [3.63, 3.8) is 0 Å². The molecule has 1 aromatic heterocycles. The Morgan fingerprint density at radius 2 is 1.68 bits per heavy atom. The van der Waals surface area contributed by atoms with Gasteiger partial charge in [0, 0.05) is 29.4 Å². The van der Waals surface area contributed by atoms with E-state index < -0.39 is 0 Å². The Balaban J connectivity index is 1.80. The fraction of sp³-hybridized carbons (Fsp3) is 0.211. The van der Waals surface area contributed by atoms with Gasteiger partial charge in [0.1, 0.15) is 23.8 Å². The Hall–Kier alpha value is -3.15. The number of nitrogens with one attached hydrogen (secondary N) is 1. The minimum absolute atomic E-state index is 0.121. The summed E-state index contributed by atoms with van der Waals surface area (Å²) in [6, 6.07) is 12.8. The predicted molar refractivity (Wildman–Crippen MR) is 96.7 cm³/mol. The Morgan fingerprint density at radius 3 is 2.32 bits per heavy atom. The molecule has 1 N–H and O–H groups in total. The summed E-state index contributed by atoms with van der Waals surface area (Å²) in [6.07, 6.45) is 1.86. The smallest absolute Gasteiger partial charge is 0.244 e. The van der Waals surface area contributed by atoms with Crippen LogP contribution in [-0.4, -0.2) is 31.8 Å². The Kier molecular flexibility index (Phi) is 4.79. The normalized spacial score (nSPS) is 10.5. The Morgan fingerprint density at radius 1 is 0.960 bits per heavy atom. The van der Waals surface area contributed by atoms with Gasteiger partial charge in [-0.1, -0.05) is 0 Å². The molecule has 0 unspecified atom stereocenters. The van der Waals surface area contributed by atoms with E-state index in [1.807, 2.05) is 29.0 Å². The molecule has 6 nitrogen and oxygen atoms in total. The molecule has 0 saturated carbocycles. The molecule has 0 spiro atoms. The predicted octanol–water partition coefficient (Wildman–Crippen LogP) is 3.31. The van der Waals surface area contributed by atoms with E-state index >= 15 is 0 Å². The first-order valence-corrected chi connectivity index (χ1v) is 7.79. The molecule has 0 aliphatic carbocycles. The summed E-state index contributed by atoms with van der Waals surface area (Å²) in [5.41, 5.74) is 1.60. The van der Waals surface area contributed by atoms with Gasteiger partial charge in [-0.15, -0.1) is 0 Å². The van der Waals surface area contributed by atoms with Crippen molar-refractivity contribution in [2.45, 2.75) is 6.54 Å². The lowest BCUT2D eigenvalue weighted by Gasteiger charge is -2.10. The fourth-order valence-electron chi connectivity index (χ4n) is 2.69. The number of methoxy groups -OCH3 is 3. The summed E-state index contributed by atoms with van der Waals surface area (Å²) in [5.74, 6) is 2.02. The first kappa shape index (κ1) is 16.7. The van der Waals surface area contributed by atoms with Crippen LogP contribution in [0.25, 0.3) is 10.9 Å². The van der Waals surface area contributed by atoms with Gasteiger partial charge in [-0.2, -0.15) is 0 Å². The van der Waals surface area contributed by atoms with Crippen LogP contribution in [0.3, 0.4) is 0 Å². The summed E-state index contributed by atoms with van der Waals surface area (Å²) in [6.45, 7) is 0.186. The lowest BCUT2D eigenvalue weighted by molar-refractivity contribution is -0.116. The standard InChI is InChI=1S/C19H20N2O4/c1-23-14-6-4-13(5-7-14)20-19(22)12-21-9-8-16-17(21)10-15(24-2)11-18(16)25-3/h4-11H,12H2,1-3H3,(H,20,22). The maximum atomic E-state index is 12.4. The monoisotopic (exact) mass is 340 g/mol. The zero-order chi connectivity index (χ0) is 17.8. The largest absolute Gasteiger partial charge is 0.497 e. The van der Waals surface area contributed by atoms with Crippen LogP contribution in [0.2, 0.25) is 0 Å². The van der Waals surface area contributed by atoms with Crippen LogP contribution in [0, 0.1) is 0 Å². The highest BCUT2D eigenvalue weighted by molar-refractivity contribution is 5.93. The number of hydrogen-bond acceptors (Lipinski definition) is 4. The number of aromatic nitrogens is 1. The van der Waals surface area contributed by atoms with Crippen molar-refractivity contribution >= 4 is 22.5 Å². The second-order valence-corrected chi connectivity index (χ2v) is 5.48. The van der Waals surface area contributed by atoms with Crippen LogP contribution in [-0.2, 0) is 11.3 Å². The van der Waals surface area contributed by atoms with E-state index in [0.717, 1.165) is 22.3 Å². The highest BCUT2D eigenvalue weighted by Crippen LogP contribution is 2.31. The van der Waals surface area contributed by atoms with E-state index in [1.54, 1.807) is 45.6 Å². The average molecular weight is 340 g/mol. The molecule has 0 radical (unpaired) electrons. The van der Waals surface area contributed by atoms with E-state index in [1.165, 1.54) is 0 Å². The number of hydrogen-bond donors (Lipinski definition) is 1. The number of carbonyl (C=O) groups excluding carboxylic acids is 1. The summed E-state index contributed by atoms with van der Waals surface area (Å²) in [7, 11) is 4.82. The van der Waals surface area contributed by atoms with Crippen LogP contribution >= 0.6 is 0 Å². The number of amides is 1. The minimum atomic E-state index is -0.121. The van der Waals surface area contributed by atoms with Gasteiger partial charge in [-0.25, -0.2) is 0 Å². The van der Waals surface area contributed by atoms with Crippen molar-refractivity contribution in [3.8, 4) is 17.2 Å². The second-order valence-electron chi connectivity index (χ2n) is 5.48. The summed E-state index contributed by atoms with van der Waals surface area (Å²) in [4.78, 5) is 12.4. The zero-order valence-electron chi connectivity index (χ0n) is 14.4. The van der Waals surface area contributed by atoms with Crippen LogP contribution in [0.1, 0.15) is 0 Å². The van der Waals surface area contributed by atoms with Crippen molar-refractivity contribution in [1.29, 1.82) is 0 Å². The fourth-order valence-corrected chi connectivity index (χ4v) is 2.69. The first-order valence-electron chi connectivity index (χ1n) is 7.79. The number of rotatable bonds is 6. The number of carbonyl (C=O) groups is 1. The van der Waals surface area contributed by atoms with Gasteiger partial charge < -0.3 is 24.1 Å². The van der Waals surface area contributed by atoms with Crippen LogP contribution in [0.4, 0.5) is 5.69 Å². The number of ether oxygens (including phenoxy) is 3. The first-order chi connectivity index (χ1) is 12.1. The van der Waals surface area contributed by atoms with Crippen molar-refractivity contribution in [3.05, 3.63) is 48.7 Å². The highest BCUT2D eigenvalue weighted by atomic mass is 16.5. The Bertz CT molecular complexity index is 884. The molecular formula is C19H20N2O4. The molecule has 0 aliphatic heterocycles. The van der Waals surface area contributed by atoms with Gasteiger partial charge in [-0.05, 0) is 30.3 Å². The summed E-state index contributed by atoms with van der Waals surface area (Å²) in [5, 5.41) is 3.81. The van der Waals surface area contributed by atoms with Crippen LogP contribution in [0.15, 0.2) is 48.7 Å². The molecule has 130 valence electrons. The third-order valence-corrected chi connectivity index (χ3v) is 3.97. The lowest BCUT2D eigenvalue weighted by atomic mass is 10.2. The van der Waals surface area contributed by atoms with Gasteiger partial charge in [-0.3, -0.25) is 4.79 Å². The molecule has 2 aromatic carbocycles. The Labute approximate surface area is 145 Å². The molecule has 1 heterocycles. The van der Waals surface area contributed by atoms with Crippen molar-refractivity contribution in [1.82, 2.24) is 4.57 Å². The topological polar surface area (TPSA) is 61.7 Å². The molecule has 1 amide bonds. The SMILES string of the molecule is COc1ccc(NC(=O)Cn2ccc3c(OC)cc(OC)cc32)cc1. The highest BCUT2D eigenvalue weighted by Gasteiger charge is 2.12. The molecule has 0 bridgehead atoms. The molecule has 25 heavy (non-hydrogen) atoms. The molecule has 0 fully saturated rings. The van der Waals surface area contributed by atoms with Gasteiger partial charge in [0.25, 0.3) is 0 Å². The van der Waals surface area contributed by atoms with E-state index in [-0.39, 0.29) is 12.5 Å². The van der Waals surface area contributed by atoms with E-state index in [9.17, 15) is 4.79 Å². The summed E-state index contributed by atoms with van der Waals surface area (Å²) < 4.78 is 17.7. The lowest BCUT2D eigenvalue weighted by Crippen LogP contribution is -2.18. The molecule has 6 heteroatoms. The van der Waals surface area contributed by atoms with Gasteiger partial charge in [0.2, 0.25) is 5.91 Å². The molecule has 0 atom stereocenters. The maximum absolute atomic E-state index is 12.4. The van der Waals surface area contributed by atoms with E-state index in [0.29, 0.717) is 11.5 Å². The van der Waals surface area contributed by atoms with E-state index in [4.69, 9.17) is 14.2 Å². The summed E-state index contributed by atoms with van der Waals surface area (Å²) >= 11 is 0. The molecular weight excluding hydrogens is 320 g/mol. The maximum Gasteiger partial charge on any atom is 0.244 e. The van der Waals surface area contributed by atoms with Crippen LogP contribution in [0.5, 0.6) is 17.2 Å². The number of nitrogens with zero attached hydrogens (tertiary/aromatic N) is 1. The quantitative estimate of drug-likeness (QED) is 0.748. The minimum Gasteiger partial charge on any atom is -0.497 e. The average Bonchev–Trinajstić information content (AvgIpc) is 3.04. The third-order valence-electron chi connectivity index (χ3n) is 3.97. The van der Waals surface area contributed by atoms with Crippen molar-refractivity contribution < 1.29 is 19.0 Å². The van der Waals surface area contributed by atoms with E-state index in [2.05, 4.69) is 5.32 Å². The third kappa shape index (κ3) is 3.52. The molecule has 3 rings (SSSR count). The second kappa shape index (κ2) is 7.17. The number of anilines is 1. The van der Waals surface area contributed by atoms with Gasteiger partial charge in [0.05, 0.1) is 26.8 Å². The molecule has 0 saturated heterocycles. The number of fused-ring (bicyclic) bond motifs is 1. The number of benzene rings is 2. The van der Waals surface area contributed by atoms with Crippen molar-refractivity contribution in [2.75, 3.05) is 26.6 Å². The van der Waals surface area contributed by atoms with Gasteiger partial charge in [0.15, 0.2) is 0 Å². The molecule has 3 aromatic rings. The van der Waals surface area contributed by atoms with Crippen LogP contribution < -0.4 is 19.5 Å². The zero-order valence-corrected chi connectivity index (χ0v) is 14.4. The van der Waals surface area contributed by atoms with Crippen molar-refractivity contribution in [2.24, 2.45) is 0 Å².